The summed E-state index contributed by atoms with van der Waals surface area (Å²) in [6.07, 6.45) is 3.51. The summed E-state index contributed by atoms with van der Waals surface area (Å²) >= 11 is 0. The van der Waals surface area contributed by atoms with Crippen molar-refractivity contribution >= 4 is 17.3 Å². The summed E-state index contributed by atoms with van der Waals surface area (Å²) in [6.45, 7) is 6.70. The van der Waals surface area contributed by atoms with Crippen molar-refractivity contribution in [2.24, 2.45) is 0 Å². The molecule has 2 rings (SSSR count). The van der Waals surface area contributed by atoms with Gasteiger partial charge < -0.3 is 15.5 Å². The van der Waals surface area contributed by atoms with E-state index in [2.05, 4.69) is 11.8 Å². The molecule has 1 amide bonds. The first-order valence-corrected chi connectivity index (χ1v) is 7.54. The number of carbonyl (C=O) groups is 1. The lowest BCUT2D eigenvalue weighted by Gasteiger charge is -2.35. The van der Waals surface area contributed by atoms with E-state index in [1.807, 2.05) is 36.1 Å². The standard InChI is InChI=1S/C16H25N3O/c1-3-19(15-9-7-14(17)8-10-15)13(2)16(20)18-11-5-4-6-12-18/h7-10,13H,3-6,11-12,17H2,1-2H3. The number of hydrogen-bond donors (Lipinski definition) is 1. The molecule has 1 saturated heterocycles. The van der Waals surface area contributed by atoms with Gasteiger partial charge in [-0.2, -0.15) is 0 Å². The first-order valence-electron chi connectivity index (χ1n) is 7.54. The van der Waals surface area contributed by atoms with Crippen LogP contribution in [0.4, 0.5) is 11.4 Å². The van der Waals surface area contributed by atoms with Crippen molar-refractivity contribution in [2.75, 3.05) is 30.3 Å². The van der Waals surface area contributed by atoms with Crippen molar-refractivity contribution in [2.45, 2.75) is 39.2 Å². The number of amides is 1. The minimum atomic E-state index is -0.123. The summed E-state index contributed by atoms with van der Waals surface area (Å²) in [6, 6.07) is 7.62. The van der Waals surface area contributed by atoms with Gasteiger partial charge in [-0.05, 0) is 57.4 Å². The zero-order valence-electron chi connectivity index (χ0n) is 12.5. The summed E-state index contributed by atoms with van der Waals surface area (Å²) < 4.78 is 0. The first-order chi connectivity index (χ1) is 9.63. The maximum atomic E-state index is 12.6. The lowest BCUT2D eigenvalue weighted by atomic mass is 10.1. The van der Waals surface area contributed by atoms with Crippen LogP contribution in [0.15, 0.2) is 24.3 Å². The van der Waals surface area contributed by atoms with E-state index in [4.69, 9.17) is 5.73 Å². The highest BCUT2D eigenvalue weighted by Gasteiger charge is 2.26. The minimum absolute atomic E-state index is 0.123. The van der Waals surface area contributed by atoms with Gasteiger partial charge in [-0.25, -0.2) is 0 Å². The molecule has 1 atom stereocenters. The number of piperidine rings is 1. The van der Waals surface area contributed by atoms with Crippen molar-refractivity contribution in [1.29, 1.82) is 0 Å². The van der Waals surface area contributed by atoms with Gasteiger partial charge in [0.2, 0.25) is 5.91 Å². The van der Waals surface area contributed by atoms with Crippen LogP contribution in [0.5, 0.6) is 0 Å². The zero-order chi connectivity index (χ0) is 14.5. The van der Waals surface area contributed by atoms with Gasteiger partial charge in [0.25, 0.3) is 0 Å². The fourth-order valence-corrected chi connectivity index (χ4v) is 2.86. The highest BCUT2D eigenvalue weighted by Crippen LogP contribution is 2.20. The van der Waals surface area contributed by atoms with Crippen LogP contribution in [-0.4, -0.2) is 36.5 Å². The van der Waals surface area contributed by atoms with Crippen LogP contribution < -0.4 is 10.6 Å². The summed E-state index contributed by atoms with van der Waals surface area (Å²) in [5, 5.41) is 0. The molecule has 2 N–H and O–H groups in total. The highest BCUT2D eigenvalue weighted by molar-refractivity contribution is 5.85. The van der Waals surface area contributed by atoms with Gasteiger partial charge in [0.05, 0.1) is 0 Å². The molecule has 4 nitrogen and oxygen atoms in total. The fraction of sp³-hybridized carbons (Fsp3) is 0.562. The normalized spacial score (nSPS) is 16.8. The molecule has 1 aliphatic rings. The van der Waals surface area contributed by atoms with Crippen molar-refractivity contribution in [3.63, 3.8) is 0 Å². The summed E-state index contributed by atoms with van der Waals surface area (Å²) in [5.74, 6) is 0.239. The van der Waals surface area contributed by atoms with E-state index in [0.717, 1.165) is 43.9 Å². The number of anilines is 2. The Hall–Kier alpha value is -1.71. The molecule has 0 saturated carbocycles. The van der Waals surface area contributed by atoms with Crippen LogP contribution in [0.2, 0.25) is 0 Å². The number of carbonyl (C=O) groups excluding carboxylic acids is 1. The van der Waals surface area contributed by atoms with Crippen LogP contribution in [0, 0.1) is 0 Å². The second kappa shape index (κ2) is 6.64. The van der Waals surface area contributed by atoms with Crippen molar-refractivity contribution in [1.82, 2.24) is 4.90 Å². The second-order valence-corrected chi connectivity index (χ2v) is 5.44. The predicted octanol–water partition coefficient (Wildman–Crippen LogP) is 2.50. The van der Waals surface area contributed by atoms with Gasteiger partial charge >= 0.3 is 0 Å². The number of likely N-dealkylation sites (N-methyl/N-ethyl adjacent to an activating group) is 1. The molecule has 0 bridgehead atoms. The summed E-state index contributed by atoms with van der Waals surface area (Å²) in [4.78, 5) is 16.7. The molecule has 0 spiro atoms. The molecule has 0 aromatic heterocycles. The Balaban J connectivity index is 2.09. The maximum Gasteiger partial charge on any atom is 0.244 e. The number of hydrogen-bond acceptors (Lipinski definition) is 3. The van der Waals surface area contributed by atoms with Gasteiger partial charge in [0.1, 0.15) is 6.04 Å². The third-order valence-corrected chi connectivity index (χ3v) is 4.06. The minimum Gasteiger partial charge on any atom is -0.399 e. The van der Waals surface area contributed by atoms with Crippen molar-refractivity contribution in [3.8, 4) is 0 Å². The van der Waals surface area contributed by atoms with Gasteiger partial charge in [-0.3, -0.25) is 4.79 Å². The molecular weight excluding hydrogens is 250 g/mol. The lowest BCUT2D eigenvalue weighted by molar-refractivity contribution is -0.133. The zero-order valence-corrected chi connectivity index (χ0v) is 12.5. The van der Waals surface area contributed by atoms with Crippen LogP contribution in [-0.2, 0) is 4.79 Å². The van der Waals surface area contributed by atoms with E-state index in [9.17, 15) is 4.79 Å². The van der Waals surface area contributed by atoms with E-state index in [1.54, 1.807) is 0 Å². The van der Waals surface area contributed by atoms with Crippen LogP contribution in [0.3, 0.4) is 0 Å². The third-order valence-electron chi connectivity index (χ3n) is 4.06. The van der Waals surface area contributed by atoms with Gasteiger partial charge in [-0.1, -0.05) is 0 Å². The Morgan fingerprint density at radius 1 is 1.25 bits per heavy atom. The Bertz CT molecular complexity index is 438. The number of nitrogens with two attached hydrogens (primary N) is 1. The average molecular weight is 275 g/mol. The predicted molar refractivity (Wildman–Crippen MR) is 83.8 cm³/mol. The quantitative estimate of drug-likeness (QED) is 0.859. The van der Waals surface area contributed by atoms with Crippen LogP contribution >= 0.6 is 0 Å². The fourth-order valence-electron chi connectivity index (χ4n) is 2.86. The smallest absolute Gasteiger partial charge is 0.244 e. The molecule has 1 aromatic carbocycles. The molecule has 1 heterocycles. The van der Waals surface area contributed by atoms with E-state index in [-0.39, 0.29) is 11.9 Å². The second-order valence-electron chi connectivity index (χ2n) is 5.44. The Kier molecular flexibility index (Phi) is 4.88. The van der Waals surface area contributed by atoms with Crippen LogP contribution in [0.1, 0.15) is 33.1 Å². The molecule has 1 aromatic rings. The number of nitrogen functional groups attached to an aromatic ring is 1. The number of nitrogens with zero attached hydrogens (tertiary/aromatic N) is 2. The lowest BCUT2D eigenvalue weighted by Crippen LogP contribution is -2.48. The van der Waals surface area contributed by atoms with Crippen molar-refractivity contribution in [3.05, 3.63) is 24.3 Å². The average Bonchev–Trinajstić information content (AvgIpc) is 2.50. The number of benzene rings is 1. The molecule has 4 heteroatoms. The van der Waals surface area contributed by atoms with Gasteiger partial charge in [0, 0.05) is 31.0 Å². The van der Waals surface area contributed by atoms with Gasteiger partial charge in [0.15, 0.2) is 0 Å². The maximum absolute atomic E-state index is 12.6. The van der Waals surface area contributed by atoms with Gasteiger partial charge in [-0.15, -0.1) is 0 Å². The largest absolute Gasteiger partial charge is 0.399 e. The number of likely N-dealkylation sites (tertiary alicyclic amines) is 1. The molecule has 0 radical (unpaired) electrons. The summed E-state index contributed by atoms with van der Waals surface area (Å²) in [5.41, 5.74) is 7.53. The molecule has 1 fully saturated rings. The third kappa shape index (κ3) is 3.24. The Morgan fingerprint density at radius 2 is 1.85 bits per heavy atom. The number of rotatable bonds is 4. The van der Waals surface area contributed by atoms with E-state index >= 15 is 0 Å². The van der Waals surface area contributed by atoms with E-state index in [1.165, 1.54) is 6.42 Å². The molecular formula is C16H25N3O. The Morgan fingerprint density at radius 3 is 2.40 bits per heavy atom. The monoisotopic (exact) mass is 275 g/mol. The molecule has 110 valence electrons. The van der Waals surface area contributed by atoms with E-state index in [0.29, 0.717) is 0 Å². The highest BCUT2D eigenvalue weighted by atomic mass is 16.2. The Labute approximate surface area is 121 Å². The summed E-state index contributed by atoms with van der Waals surface area (Å²) in [7, 11) is 0. The molecule has 1 aliphatic heterocycles. The topological polar surface area (TPSA) is 49.6 Å². The molecule has 20 heavy (non-hydrogen) atoms. The van der Waals surface area contributed by atoms with E-state index < -0.39 is 0 Å². The molecule has 1 unspecified atom stereocenters. The molecule has 0 aliphatic carbocycles. The SMILES string of the molecule is CCN(c1ccc(N)cc1)C(C)C(=O)N1CCCCC1. The van der Waals surface area contributed by atoms with Crippen molar-refractivity contribution < 1.29 is 4.79 Å². The first kappa shape index (κ1) is 14.7. The van der Waals surface area contributed by atoms with Crippen LogP contribution in [0.25, 0.3) is 0 Å².